The smallest absolute Gasteiger partial charge is 0.0809 e. The summed E-state index contributed by atoms with van der Waals surface area (Å²) in [4.78, 5) is 0. The largest absolute Gasteiger partial charge is 0.371 e. The summed E-state index contributed by atoms with van der Waals surface area (Å²) in [5, 5.41) is 3.55. The summed E-state index contributed by atoms with van der Waals surface area (Å²) in [5.74, 6) is 0. The lowest BCUT2D eigenvalue weighted by molar-refractivity contribution is -0.0875. The van der Waals surface area contributed by atoms with E-state index in [2.05, 4.69) is 26.1 Å². The predicted molar refractivity (Wildman–Crippen MR) is 69.8 cm³/mol. The van der Waals surface area contributed by atoms with Gasteiger partial charge in [0, 0.05) is 6.54 Å². The highest BCUT2D eigenvalue weighted by Crippen LogP contribution is 2.31. The van der Waals surface area contributed by atoms with Crippen molar-refractivity contribution in [1.29, 1.82) is 0 Å². The van der Waals surface area contributed by atoms with Crippen LogP contribution in [-0.2, 0) is 4.74 Å². The maximum absolute atomic E-state index is 6.24. The van der Waals surface area contributed by atoms with E-state index in [1.165, 1.54) is 44.9 Å². The van der Waals surface area contributed by atoms with Gasteiger partial charge in [-0.05, 0) is 39.7 Å². The van der Waals surface area contributed by atoms with Crippen molar-refractivity contribution in [2.75, 3.05) is 13.1 Å². The van der Waals surface area contributed by atoms with Gasteiger partial charge in [0.2, 0.25) is 0 Å². The van der Waals surface area contributed by atoms with Crippen LogP contribution >= 0.6 is 0 Å². The molecule has 0 radical (unpaired) electrons. The Kier molecular flexibility index (Phi) is 6.37. The zero-order valence-electron chi connectivity index (χ0n) is 11.3. The van der Waals surface area contributed by atoms with Crippen LogP contribution in [0.15, 0.2) is 0 Å². The molecule has 0 amide bonds. The third kappa shape index (κ3) is 4.84. The Labute approximate surface area is 101 Å². The number of rotatable bonds is 6. The van der Waals surface area contributed by atoms with Crippen LogP contribution in [0.1, 0.15) is 65.7 Å². The van der Waals surface area contributed by atoms with Crippen LogP contribution in [0.2, 0.25) is 0 Å². The lowest BCUT2D eigenvalue weighted by Gasteiger charge is -2.35. The highest BCUT2D eigenvalue weighted by molar-refractivity contribution is 4.86. The molecular weight excluding hydrogens is 198 g/mol. The molecule has 1 N–H and O–H groups in total. The molecule has 0 heterocycles. The molecule has 1 fully saturated rings. The highest BCUT2D eigenvalue weighted by atomic mass is 16.5. The van der Waals surface area contributed by atoms with Crippen LogP contribution in [0.3, 0.4) is 0 Å². The Morgan fingerprint density at radius 2 is 1.75 bits per heavy atom. The molecule has 0 aromatic carbocycles. The Bertz CT molecular complexity index is 172. The zero-order chi connectivity index (χ0) is 11.9. The van der Waals surface area contributed by atoms with Gasteiger partial charge in [0.1, 0.15) is 0 Å². The Hall–Kier alpha value is -0.0800. The minimum Gasteiger partial charge on any atom is -0.371 e. The summed E-state index contributed by atoms with van der Waals surface area (Å²) >= 11 is 0. The molecule has 2 heteroatoms. The summed E-state index contributed by atoms with van der Waals surface area (Å²) in [6.07, 6.45) is 9.47. The fourth-order valence-electron chi connectivity index (χ4n) is 2.70. The van der Waals surface area contributed by atoms with Gasteiger partial charge in [0.05, 0.1) is 11.7 Å². The molecule has 96 valence electrons. The second-order valence-electron chi connectivity index (χ2n) is 5.44. The van der Waals surface area contributed by atoms with Crippen molar-refractivity contribution < 1.29 is 4.74 Å². The Morgan fingerprint density at radius 1 is 1.12 bits per heavy atom. The third-order valence-electron chi connectivity index (χ3n) is 3.37. The second kappa shape index (κ2) is 7.29. The first-order valence-corrected chi connectivity index (χ1v) is 7.07. The van der Waals surface area contributed by atoms with Crippen LogP contribution in [0.4, 0.5) is 0 Å². The summed E-state index contributed by atoms with van der Waals surface area (Å²) in [6.45, 7) is 8.69. The highest BCUT2D eigenvalue weighted by Gasteiger charge is 2.32. The van der Waals surface area contributed by atoms with E-state index in [1.54, 1.807) is 0 Å². The van der Waals surface area contributed by atoms with Crippen molar-refractivity contribution in [2.45, 2.75) is 77.4 Å². The number of hydrogen-bond acceptors (Lipinski definition) is 2. The number of hydrogen-bond donors (Lipinski definition) is 1. The summed E-state index contributed by atoms with van der Waals surface area (Å²) < 4.78 is 6.24. The Balaban J connectivity index is 2.50. The topological polar surface area (TPSA) is 21.3 Å². The van der Waals surface area contributed by atoms with Crippen LogP contribution in [0.5, 0.6) is 0 Å². The maximum atomic E-state index is 6.24. The van der Waals surface area contributed by atoms with Crippen LogP contribution in [0, 0.1) is 0 Å². The molecule has 0 spiro atoms. The molecule has 0 unspecified atom stereocenters. The van der Waals surface area contributed by atoms with Gasteiger partial charge >= 0.3 is 0 Å². The van der Waals surface area contributed by atoms with Gasteiger partial charge in [0.15, 0.2) is 0 Å². The molecule has 1 aliphatic carbocycles. The normalized spacial score (nSPS) is 21.0. The van der Waals surface area contributed by atoms with E-state index < -0.39 is 0 Å². The van der Waals surface area contributed by atoms with Crippen molar-refractivity contribution >= 4 is 0 Å². The van der Waals surface area contributed by atoms with E-state index in [0.29, 0.717) is 6.10 Å². The third-order valence-corrected chi connectivity index (χ3v) is 3.37. The summed E-state index contributed by atoms with van der Waals surface area (Å²) in [6, 6.07) is 0. The number of nitrogens with one attached hydrogen (secondary N) is 1. The molecule has 1 aliphatic rings. The first-order chi connectivity index (χ1) is 7.68. The van der Waals surface area contributed by atoms with Crippen molar-refractivity contribution in [1.82, 2.24) is 5.32 Å². The molecule has 16 heavy (non-hydrogen) atoms. The SMILES string of the molecule is CCCNCC1(OC(C)C)CCCCCC1. The van der Waals surface area contributed by atoms with E-state index in [-0.39, 0.29) is 5.60 Å². The monoisotopic (exact) mass is 227 g/mol. The van der Waals surface area contributed by atoms with Gasteiger partial charge < -0.3 is 10.1 Å². The van der Waals surface area contributed by atoms with Crippen LogP contribution < -0.4 is 5.32 Å². The molecule has 0 atom stereocenters. The van der Waals surface area contributed by atoms with Gasteiger partial charge in [0.25, 0.3) is 0 Å². The fourth-order valence-corrected chi connectivity index (χ4v) is 2.70. The van der Waals surface area contributed by atoms with Gasteiger partial charge in [-0.1, -0.05) is 32.6 Å². The first-order valence-electron chi connectivity index (χ1n) is 7.07. The minimum absolute atomic E-state index is 0.125. The lowest BCUT2D eigenvalue weighted by atomic mass is 9.93. The van der Waals surface area contributed by atoms with Crippen molar-refractivity contribution in [2.24, 2.45) is 0 Å². The van der Waals surface area contributed by atoms with Crippen LogP contribution in [0.25, 0.3) is 0 Å². The van der Waals surface area contributed by atoms with E-state index in [9.17, 15) is 0 Å². The van der Waals surface area contributed by atoms with Gasteiger partial charge in [-0.15, -0.1) is 0 Å². The van der Waals surface area contributed by atoms with Crippen molar-refractivity contribution in [3.8, 4) is 0 Å². The molecule has 0 saturated heterocycles. The molecular formula is C14H29NO. The van der Waals surface area contributed by atoms with Gasteiger partial charge in [-0.2, -0.15) is 0 Å². The lowest BCUT2D eigenvalue weighted by Crippen LogP contribution is -2.44. The van der Waals surface area contributed by atoms with Crippen molar-refractivity contribution in [3.05, 3.63) is 0 Å². The quantitative estimate of drug-likeness (QED) is 0.554. The second-order valence-corrected chi connectivity index (χ2v) is 5.44. The predicted octanol–water partition coefficient (Wildman–Crippen LogP) is 3.50. The zero-order valence-corrected chi connectivity index (χ0v) is 11.3. The summed E-state index contributed by atoms with van der Waals surface area (Å²) in [5.41, 5.74) is 0.125. The molecule has 1 rings (SSSR count). The average molecular weight is 227 g/mol. The van der Waals surface area contributed by atoms with Gasteiger partial charge in [-0.3, -0.25) is 0 Å². The average Bonchev–Trinajstić information content (AvgIpc) is 2.44. The molecule has 2 nitrogen and oxygen atoms in total. The standard InChI is InChI=1S/C14H29NO/c1-4-11-15-12-14(16-13(2)3)9-7-5-6-8-10-14/h13,15H,4-12H2,1-3H3. The Morgan fingerprint density at radius 3 is 2.25 bits per heavy atom. The summed E-state index contributed by atoms with van der Waals surface area (Å²) in [7, 11) is 0. The first kappa shape index (κ1) is 14.0. The van der Waals surface area contributed by atoms with Gasteiger partial charge in [-0.25, -0.2) is 0 Å². The maximum Gasteiger partial charge on any atom is 0.0809 e. The molecule has 1 saturated carbocycles. The van der Waals surface area contributed by atoms with Crippen molar-refractivity contribution in [3.63, 3.8) is 0 Å². The van der Waals surface area contributed by atoms with E-state index >= 15 is 0 Å². The van der Waals surface area contributed by atoms with E-state index in [0.717, 1.165) is 13.1 Å². The molecule has 0 aliphatic heterocycles. The molecule has 0 aromatic heterocycles. The van der Waals surface area contributed by atoms with E-state index in [4.69, 9.17) is 4.74 Å². The molecule has 0 aromatic rings. The van der Waals surface area contributed by atoms with Crippen LogP contribution in [-0.4, -0.2) is 24.8 Å². The fraction of sp³-hybridized carbons (Fsp3) is 1.00. The van der Waals surface area contributed by atoms with E-state index in [1.807, 2.05) is 0 Å². The minimum atomic E-state index is 0.125. The number of ether oxygens (including phenoxy) is 1. The molecule has 0 bridgehead atoms.